The summed E-state index contributed by atoms with van der Waals surface area (Å²) in [6, 6.07) is 26.2. The highest BCUT2D eigenvalue weighted by molar-refractivity contribution is 6.09. The first-order valence-corrected chi connectivity index (χ1v) is 14.3. The summed E-state index contributed by atoms with van der Waals surface area (Å²) in [7, 11) is 3.83. The van der Waals surface area contributed by atoms with Crippen molar-refractivity contribution >= 4 is 44.6 Å². The van der Waals surface area contributed by atoms with Crippen molar-refractivity contribution in [2.75, 3.05) is 19.0 Å². The van der Waals surface area contributed by atoms with Gasteiger partial charge in [0.05, 0.1) is 24.3 Å². The molecule has 5 nitrogen and oxygen atoms in total. The molecule has 0 aliphatic carbocycles. The predicted octanol–water partition coefficient (Wildman–Crippen LogP) is 8.19. The molecule has 0 bridgehead atoms. The molecule has 0 spiro atoms. The van der Waals surface area contributed by atoms with E-state index in [0.717, 1.165) is 49.7 Å². The van der Waals surface area contributed by atoms with Gasteiger partial charge in [-0.3, -0.25) is 4.79 Å². The summed E-state index contributed by atoms with van der Waals surface area (Å²) in [4.78, 5) is 14.8. The molecule has 2 unspecified atom stereocenters. The first kappa shape index (κ1) is 29.2. The van der Waals surface area contributed by atoms with Gasteiger partial charge in [0.1, 0.15) is 7.05 Å². The van der Waals surface area contributed by atoms with Crippen molar-refractivity contribution in [3.63, 3.8) is 0 Å². The second-order valence-corrected chi connectivity index (χ2v) is 11.9. The zero-order valence-corrected chi connectivity index (χ0v) is 24.9. The number of carbonyl (C=O) groups excluding carboxylic acids is 1. The third-order valence-corrected chi connectivity index (χ3v) is 9.16. The highest BCUT2D eigenvalue weighted by atomic mass is 19.4. The average molecular weight is 595 g/mol. The molecule has 2 aliphatic rings. The van der Waals surface area contributed by atoms with Crippen LogP contribution >= 0.6 is 0 Å². The minimum atomic E-state index is -5.07. The number of allylic oxidation sites excluding steroid dienone is 4. The van der Waals surface area contributed by atoms with E-state index in [1.807, 2.05) is 85.4 Å². The molecule has 0 aromatic heterocycles. The van der Waals surface area contributed by atoms with E-state index in [4.69, 9.17) is 0 Å². The number of anilines is 1. The van der Waals surface area contributed by atoms with Crippen molar-refractivity contribution < 1.29 is 27.3 Å². The molecule has 2 aliphatic heterocycles. The molecule has 6 rings (SSSR count). The molecular formula is C36H31F3N3O2+. The SMILES string of the molecule is CN1/C(=C/C=C/C2=[N+](C)c3ccc4ccccc4c3C2(C)CC(=O)OC(F)(F)F)C(C)(CC#N)c2c1ccc1ccccc21. The number of alkyl halides is 3. The maximum Gasteiger partial charge on any atom is 0.575 e. The molecule has 0 saturated heterocycles. The third-order valence-electron chi connectivity index (χ3n) is 9.16. The number of nitrogens with zero attached hydrogens (tertiary/aromatic N) is 3. The van der Waals surface area contributed by atoms with Crippen LogP contribution in [0.2, 0.25) is 0 Å². The summed E-state index contributed by atoms with van der Waals surface area (Å²) in [5.74, 6) is -1.35. The lowest BCUT2D eigenvalue weighted by atomic mass is 9.74. The number of fused-ring (bicyclic) bond motifs is 6. The molecule has 0 radical (unpaired) electrons. The van der Waals surface area contributed by atoms with Crippen LogP contribution in [0.4, 0.5) is 24.5 Å². The second kappa shape index (κ2) is 10.4. The Hall–Kier alpha value is -4.90. The number of hydrogen-bond acceptors (Lipinski definition) is 4. The number of hydrogen-bond donors (Lipinski definition) is 0. The number of halogens is 3. The Kier molecular flexibility index (Phi) is 6.88. The Morgan fingerprint density at radius 3 is 2.20 bits per heavy atom. The van der Waals surface area contributed by atoms with Gasteiger partial charge in [0, 0.05) is 41.6 Å². The lowest BCUT2D eigenvalue weighted by Crippen LogP contribution is -2.35. The fourth-order valence-electron chi connectivity index (χ4n) is 7.29. The first-order valence-electron chi connectivity index (χ1n) is 14.3. The average Bonchev–Trinajstić information content (AvgIpc) is 3.31. The zero-order chi connectivity index (χ0) is 31.4. The minimum absolute atomic E-state index is 0.257. The van der Waals surface area contributed by atoms with Crippen LogP contribution in [0, 0.1) is 11.3 Å². The van der Waals surface area contributed by atoms with Crippen LogP contribution in [-0.4, -0.2) is 36.7 Å². The van der Waals surface area contributed by atoms with E-state index in [2.05, 4.69) is 46.9 Å². The number of nitriles is 1. The van der Waals surface area contributed by atoms with Gasteiger partial charge in [0.25, 0.3) is 0 Å². The largest absolute Gasteiger partial charge is 0.575 e. The highest BCUT2D eigenvalue weighted by Crippen LogP contribution is 2.52. The smallest absolute Gasteiger partial charge is 0.373 e. The van der Waals surface area contributed by atoms with Crippen LogP contribution in [0.3, 0.4) is 0 Å². The molecule has 0 amide bonds. The molecule has 8 heteroatoms. The number of esters is 1. The minimum Gasteiger partial charge on any atom is -0.373 e. The maximum absolute atomic E-state index is 13.1. The van der Waals surface area contributed by atoms with Crippen LogP contribution in [0.25, 0.3) is 21.5 Å². The summed E-state index contributed by atoms with van der Waals surface area (Å²) < 4.78 is 45.0. The summed E-state index contributed by atoms with van der Waals surface area (Å²) in [5, 5.41) is 13.9. The molecule has 2 heterocycles. The Bertz CT molecular complexity index is 1980. The van der Waals surface area contributed by atoms with E-state index in [1.54, 1.807) is 6.92 Å². The molecule has 2 atom stereocenters. The fourth-order valence-corrected chi connectivity index (χ4v) is 7.29. The van der Waals surface area contributed by atoms with Crippen molar-refractivity contribution in [1.82, 2.24) is 0 Å². The number of likely N-dealkylation sites (N-methyl/N-ethyl adjacent to an activating group) is 1. The van der Waals surface area contributed by atoms with E-state index in [-0.39, 0.29) is 6.42 Å². The Morgan fingerprint density at radius 1 is 0.955 bits per heavy atom. The van der Waals surface area contributed by atoms with Gasteiger partial charge in [-0.25, -0.2) is 0 Å². The van der Waals surface area contributed by atoms with E-state index >= 15 is 0 Å². The van der Waals surface area contributed by atoms with Crippen LogP contribution in [0.5, 0.6) is 0 Å². The third kappa shape index (κ3) is 4.55. The van der Waals surface area contributed by atoms with E-state index < -0.39 is 29.6 Å². The molecule has 44 heavy (non-hydrogen) atoms. The predicted molar refractivity (Wildman–Crippen MR) is 166 cm³/mol. The van der Waals surface area contributed by atoms with Gasteiger partial charge in [-0.15, -0.1) is 13.2 Å². The number of rotatable bonds is 5. The Balaban J connectivity index is 1.46. The monoisotopic (exact) mass is 594 g/mol. The zero-order valence-electron chi connectivity index (χ0n) is 24.9. The van der Waals surface area contributed by atoms with E-state index in [0.29, 0.717) is 5.71 Å². The van der Waals surface area contributed by atoms with Gasteiger partial charge in [0.2, 0.25) is 5.69 Å². The van der Waals surface area contributed by atoms with Crippen LogP contribution in [0.1, 0.15) is 37.8 Å². The standard InChI is InChI=1S/C36H31F3N3O2/c1-34(20-21-40)29(41(3)27-18-16-23-10-5-7-12-25(23)32(27)34)14-9-15-30-35(2,22-31(43)44-36(37,38)39)33-26-13-8-6-11-24(26)17-19-28(33)42(30)4/h5-19H,20,22H2,1-4H3/q+1. The van der Waals surface area contributed by atoms with Crippen molar-refractivity contribution in [2.24, 2.45) is 0 Å². The summed E-state index contributed by atoms with van der Waals surface area (Å²) in [6.07, 6.45) is 0.359. The van der Waals surface area contributed by atoms with Crippen LogP contribution in [0.15, 0.2) is 96.7 Å². The van der Waals surface area contributed by atoms with Gasteiger partial charge in [-0.05, 0) is 59.2 Å². The van der Waals surface area contributed by atoms with Gasteiger partial charge in [0.15, 0.2) is 5.71 Å². The van der Waals surface area contributed by atoms with Gasteiger partial charge in [-0.2, -0.15) is 9.84 Å². The van der Waals surface area contributed by atoms with Gasteiger partial charge < -0.3 is 9.64 Å². The lowest BCUT2D eigenvalue weighted by molar-refractivity contribution is -0.401. The second-order valence-electron chi connectivity index (χ2n) is 11.9. The quantitative estimate of drug-likeness (QED) is 0.173. The fraction of sp³-hybridized carbons (Fsp3) is 0.250. The molecular weight excluding hydrogens is 563 g/mol. The summed E-state index contributed by atoms with van der Waals surface area (Å²) >= 11 is 0. The Morgan fingerprint density at radius 2 is 1.57 bits per heavy atom. The van der Waals surface area contributed by atoms with Crippen molar-refractivity contribution in [3.05, 3.63) is 108 Å². The van der Waals surface area contributed by atoms with Gasteiger partial charge in [-0.1, -0.05) is 60.7 Å². The number of ether oxygens (including phenoxy) is 1. The van der Waals surface area contributed by atoms with Crippen molar-refractivity contribution in [2.45, 2.75) is 43.9 Å². The molecule has 0 saturated carbocycles. The molecule has 4 aromatic carbocycles. The number of benzene rings is 4. The van der Waals surface area contributed by atoms with E-state index in [1.165, 1.54) is 0 Å². The van der Waals surface area contributed by atoms with Crippen molar-refractivity contribution in [3.8, 4) is 6.07 Å². The maximum atomic E-state index is 13.1. The van der Waals surface area contributed by atoms with Crippen LogP contribution < -0.4 is 4.90 Å². The molecule has 222 valence electrons. The normalized spacial score (nSPS) is 22.2. The summed E-state index contributed by atoms with van der Waals surface area (Å²) in [6.45, 7) is 3.86. The topological polar surface area (TPSA) is 56.3 Å². The van der Waals surface area contributed by atoms with Crippen LogP contribution in [-0.2, 0) is 20.4 Å². The molecule has 4 aromatic rings. The van der Waals surface area contributed by atoms with Gasteiger partial charge >= 0.3 is 12.3 Å². The first-order chi connectivity index (χ1) is 20.9. The van der Waals surface area contributed by atoms with E-state index in [9.17, 15) is 23.2 Å². The summed E-state index contributed by atoms with van der Waals surface area (Å²) in [5.41, 5.74) is 3.55. The highest BCUT2D eigenvalue weighted by Gasteiger charge is 2.51. The lowest BCUT2D eigenvalue weighted by Gasteiger charge is -2.26. The number of carbonyl (C=O) groups is 1. The molecule has 0 fully saturated rings. The molecule has 0 N–H and O–H groups in total. The Labute approximate surface area is 253 Å². The van der Waals surface area contributed by atoms with Crippen molar-refractivity contribution in [1.29, 1.82) is 5.26 Å².